The third-order valence-electron chi connectivity index (χ3n) is 2.43. The van der Waals surface area contributed by atoms with Crippen LogP contribution in [0.3, 0.4) is 0 Å². The Balaban J connectivity index is 0.00000324. The van der Waals surface area contributed by atoms with Gasteiger partial charge in [0.1, 0.15) is 0 Å². The highest BCUT2D eigenvalue weighted by Crippen LogP contribution is 2.10. The van der Waals surface area contributed by atoms with Gasteiger partial charge in [0.25, 0.3) is 5.91 Å². The normalized spacial score (nSPS) is 12.4. The summed E-state index contributed by atoms with van der Waals surface area (Å²) in [5, 5.41) is 2.72. The minimum Gasteiger partial charge on any atom is -0.352 e. The van der Waals surface area contributed by atoms with Gasteiger partial charge >= 0.3 is 0 Å². The molecule has 1 aromatic carbocycles. The molecule has 1 aromatic rings. The lowest BCUT2D eigenvalue weighted by Gasteiger charge is -2.07. The molecule has 108 valence electrons. The maximum Gasteiger partial charge on any atom is 0.251 e. The fourth-order valence-corrected chi connectivity index (χ4v) is 2.00. The molecule has 0 aliphatic heterocycles. The Hall–Kier alpha value is -1.11. The van der Waals surface area contributed by atoms with Crippen molar-refractivity contribution in [2.45, 2.75) is 24.3 Å². The molecule has 1 unspecified atom stereocenters. The van der Waals surface area contributed by atoms with Gasteiger partial charge in [-0.25, -0.2) is 8.42 Å². The van der Waals surface area contributed by atoms with Crippen LogP contribution in [0.25, 0.3) is 0 Å². The lowest BCUT2D eigenvalue weighted by atomic mass is 10.2. The van der Waals surface area contributed by atoms with Crippen LogP contribution in [0.1, 0.15) is 23.7 Å². The van der Waals surface area contributed by atoms with Gasteiger partial charge in [-0.05, 0) is 37.6 Å². The highest BCUT2D eigenvalue weighted by atomic mass is 35.5. The summed E-state index contributed by atoms with van der Waals surface area (Å²) in [7, 11) is -3.22. The van der Waals surface area contributed by atoms with E-state index in [1.165, 1.54) is 24.3 Å². The SMILES string of the molecule is CC(N)CCNC(=O)c1ccc(S(C)(=O)=O)cc1.Cl. The Labute approximate surface area is 119 Å². The first kappa shape index (κ1) is 17.9. The Morgan fingerprint density at radius 3 is 2.26 bits per heavy atom. The van der Waals surface area contributed by atoms with E-state index in [-0.39, 0.29) is 29.3 Å². The number of halogens is 1. The molecule has 0 aromatic heterocycles. The van der Waals surface area contributed by atoms with Crippen LogP contribution in [0.2, 0.25) is 0 Å². The molecule has 0 fully saturated rings. The second-order valence-electron chi connectivity index (χ2n) is 4.32. The van der Waals surface area contributed by atoms with Crippen LogP contribution in [-0.4, -0.2) is 33.2 Å². The number of sulfone groups is 1. The highest BCUT2D eigenvalue weighted by molar-refractivity contribution is 7.90. The molecule has 0 aliphatic rings. The number of rotatable bonds is 5. The fraction of sp³-hybridized carbons (Fsp3) is 0.417. The van der Waals surface area contributed by atoms with E-state index in [1.54, 1.807) is 0 Å². The number of hydrogen-bond donors (Lipinski definition) is 2. The first-order chi connectivity index (χ1) is 8.30. The predicted octanol–water partition coefficient (Wildman–Crippen LogP) is 0.979. The monoisotopic (exact) mass is 306 g/mol. The molecule has 5 nitrogen and oxygen atoms in total. The molecule has 7 heteroatoms. The largest absolute Gasteiger partial charge is 0.352 e. The molecular formula is C12H19ClN2O3S. The molecule has 1 rings (SSSR count). The summed E-state index contributed by atoms with van der Waals surface area (Å²) in [5.41, 5.74) is 6.00. The van der Waals surface area contributed by atoms with Crippen molar-refractivity contribution in [2.24, 2.45) is 5.73 Å². The van der Waals surface area contributed by atoms with Gasteiger partial charge < -0.3 is 11.1 Å². The zero-order valence-electron chi connectivity index (χ0n) is 10.9. The number of nitrogens with one attached hydrogen (secondary N) is 1. The van der Waals surface area contributed by atoms with Crippen LogP contribution in [0, 0.1) is 0 Å². The van der Waals surface area contributed by atoms with Crippen molar-refractivity contribution in [1.82, 2.24) is 5.32 Å². The van der Waals surface area contributed by atoms with Crippen molar-refractivity contribution in [2.75, 3.05) is 12.8 Å². The summed E-state index contributed by atoms with van der Waals surface area (Å²) in [5.74, 6) is -0.226. The van der Waals surface area contributed by atoms with Crippen molar-refractivity contribution < 1.29 is 13.2 Å². The molecule has 1 atom stereocenters. The van der Waals surface area contributed by atoms with E-state index in [2.05, 4.69) is 5.32 Å². The minimum atomic E-state index is -3.22. The number of amides is 1. The minimum absolute atomic E-state index is 0. The third-order valence-corrected chi connectivity index (χ3v) is 3.56. The predicted molar refractivity (Wildman–Crippen MR) is 77.4 cm³/mol. The van der Waals surface area contributed by atoms with Crippen LogP contribution in [0.15, 0.2) is 29.2 Å². The zero-order chi connectivity index (χ0) is 13.8. The summed E-state index contributed by atoms with van der Waals surface area (Å²) >= 11 is 0. The summed E-state index contributed by atoms with van der Waals surface area (Å²) in [6.45, 7) is 2.37. The van der Waals surface area contributed by atoms with Gasteiger partial charge in [0.05, 0.1) is 4.90 Å². The third kappa shape index (κ3) is 6.04. The van der Waals surface area contributed by atoms with E-state index in [4.69, 9.17) is 5.73 Å². The standard InChI is InChI=1S/C12H18N2O3S.ClH/c1-9(13)7-8-14-12(15)10-3-5-11(6-4-10)18(2,16)17;/h3-6,9H,7-8,13H2,1-2H3,(H,14,15);1H. The second kappa shape index (κ2) is 7.47. The highest BCUT2D eigenvalue weighted by Gasteiger charge is 2.09. The molecular weight excluding hydrogens is 288 g/mol. The van der Waals surface area contributed by atoms with E-state index in [0.717, 1.165) is 6.26 Å². The van der Waals surface area contributed by atoms with E-state index in [1.807, 2.05) is 6.92 Å². The first-order valence-electron chi connectivity index (χ1n) is 5.64. The van der Waals surface area contributed by atoms with Crippen molar-refractivity contribution in [3.8, 4) is 0 Å². The number of carbonyl (C=O) groups excluding carboxylic acids is 1. The van der Waals surface area contributed by atoms with Gasteiger partial charge in [0, 0.05) is 24.4 Å². The summed E-state index contributed by atoms with van der Waals surface area (Å²) in [6.07, 6.45) is 1.83. The molecule has 1 amide bonds. The van der Waals surface area contributed by atoms with E-state index in [9.17, 15) is 13.2 Å². The van der Waals surface area contributed by atoms with Crippen molar-refractivity contribution in [3.05, 3.63) is 29.8 Å². The van der Waals surface area contributed by atoms with Crippen molar-refractivity contribution in [1.29, 1.82) is 0 Å². The van der Waals surface area contributed by atoms with E-state index >= 15 is 0 Å². The van der Waals surface area contributed by atoms with E-state index in [0.29, 0.717) is 18.5 Å². The Morgan fingerprint density at radius 2 is 1.84 bits per heavy atom. The topological polar surface area (TPSA) is 89.3 Å². The summed E-state index contributed by atoms with van der Waals surface area (Å²) in [4.78, 5) is 11.9. The van der Waals surface area contributed by atoms with Gasteiger partial charge in [-0.3, -0.25) is 4.79 Å². The van der Waals surface area contributed by atoms with E-state index < -0.39 is 9.84 Å². The summed E-state index contributed by atoms with van der Waals surface area (Å²) in [6, 6.07) is 5.89. The number of nitrogens with two attached hydrogens (primary N) is 1. The summed E-state index contributed by atoms with van der Waals surface area (Å²) < 4.78 is 22.5. The first-order valence-corrected chi connectivity index (χ1v) is 7.54. The van der Waals surface area contributed by atoms with Gasteiger partial charge in [0.15, 0.2) is 9.84 Å². The molecule has 0 heterocycles. The van der Waals surface area contributed by atoms with Gasteiger partial charge in [-0.15, -0.1) is 12.4 Å². The Bertz CT molecular complexity index is 512. The maximum atomic E-state index is 11.7. The van der Waals surface area contributed by atoms with Crippen LogP contribution in [-0.2, 0) is 9.84 Å². The van der Waals surface area contributed by atoms with Crippen molar-refractivity contribution >= 4 is 28.2 Å². The molecule has 0 saturated heterocycles. The van der Waals surface area contributed by atoms with Gasteiger partial charge in [0.2, 0.25) is 0 Å². The molecule has 3 N–H and O–H groups in total. The van der Waals surface area contributed by atoms with Crippen LogP contribution in [0.5, 0.6) is 0 Å². The van der Waals surface area contributed by atoms with Gasteiger partial charge in [-0.1, -0.05) is 0 Å². The lowest BCUT2D eigenvalue weighted by molar-refractivity contribution is 0.0952. The van der Waals surface area contributed by atoms with Crippen molar-refractivity contribution in [3.63, 3.8) is 0 Å². The molecule has 0 spiro atoms. The molecule has 0 bridgehead atoms. The molecule has 0 saturated carbocycles. The Morgan fingerprint density at radius 1 is 1.32 bits per heavy atom. The fourth-order valence-electron chi connectivity index (χ4n) is 1.37. The number of hydrogen-bond acceptors (Lipinski definition) is 4. The molecule has 0 radical (unpaired) electrons. The second-order valence-corrected chi connectivity index (χ2v) is 6.33. The average molecular weight is 307 g/mol. The molecule has 0 aliphatic carbocycles. The van der Waals surface area contributed by atoms with Crippen LogP contribution in [0.4, 0.5) is 0 Å². The molecule has 19 heavy (non-hydrogen) atoms. The van der Waals surface area contributed by atoms with Crippen LogP contribution < -0.4 is 11.1 Å². The van der Waals surface area contributed by atoms with Crippen LogP contribution >= 0.6 is 12.4 Å². The number of carbonyl (C=O) groups is 1. The average Bonchev–Trinajstić information content (AvgIpc) is 2.27. The van der Waals surface area contributed by atoms with Gasteiger partial charge in [-0.2, -0.15) is 0 Å². The smallest absolute Gasteiger partial charge is 0.251 e. The number of benzene rings is 1. The maximum absolute atomic E-state index is 11.7. The Kier molecular flexibility index (Phi) is 7.04. The lowest BCUT2D eigenvalue weighted by Crippen LogP contribution is -2.28. The zero-order valence-corrected chi connectivity index (χ0v) is 12.6. The quantitative estimate of drug-likeness (QED) is 0.848.